The van der Waals surface area contributed by atoms with E-state index in [-0.39, 0.29) is 6.61 Å². The minimum Gasteiger partial charge on any atom is -0.484 e. The molecular formula is C14H16ClN3O2. The van der Waals surface area contributed by atoms with Gasteiger partial charge in [-0.15, -0.1) is 10.2 Å². The highest BCUT2D eigenvalue weighted by molar-refractivity contribution is 6.30. The summed E-state index contributed by atoms with van der Waals surface area (Å²) in [6.45, 7) is 2.28. The number of rotatable bonds is 4. The van der Waals surface area contributed by atoms with Crippen LogP contribution in [-0.2, 0) is 6.61 Å². The molecule has 1 aliphatic heterocycles. The third-order valence-electron chi connectivity index (χ3n) is 3.35. The van der Waals surface area contributed by atoms with E-state index < -0.39 is 0 Å². The Hall–Kier alpha value is -1.59. The fraction of sp³-hybridized carbons (Fsp3) is 0.429. The molecule has 3 rings (SSSR count). The van der Waals surface area contributed by atoms with Crippen LogP contribution in [-0.4, -0.2) is 23.3 Å². The van der Waals surface area contributed by atoms with Gasteiger partial charge in [-0.1, -0.05) is 11.6 Å². The molecule has 20 heavy (non-hydrogen) atoms. The SMILES string of the molecule is Clc1ccc(OCc2nnc(C3CCNCC3)o2)cc1. The summed E-state index contributed by atoms with van der Waals surface area (Å²) in [7, 11) is 0. The van der Waals surface area contributed by atoms with Crippen LogP contribution in [0.5, 0.6) is 5.75 Å². The van der Waals surface area contributed by atoms with E-state index in [9.17, 15) is 0 Å². The van der Waals surface area contributed by atoms with E-state index in [1.807, 2.05) is 12.1 Å². The fourth-order valence-corrected chi connectivity index (χ4v) is 2.36. The average molecular weight is 294 g/mol. The Morgan fingerprint density at radius 2 is 1.95 bits per heavy atom. The molecule has 1 aromatic heterocycles. The first kappa shape index (κ1) is 13.4. The van der Waals surface area contributed by atoms with Gasteiger partial charge in [-0.3, -0.25) is 0 Å². The summed E-state index contributed by atoms with van der Waals surface area (Å²) in [5.74, 6) is 2.33. The highest BCUT2D eigenvalue weighted by Gasteiger charge is 2.21. The predicted molar refractivity (Wildman–Crippen MR) is 74.9 cm³/mol. The number of hydrogen-bond donors (Lipinski definition) is 1. The number of nitrogens with one attached hydrogen (secondary N) is 1. The lowest BCUT2D eigenvalue weighted by Gasteiger charge is -2.18. The molecule has 0 saturated carbocycles. The van der Waals surface area contributed by atoms with Gasteiger partial charge in [0.1, 0.15) is 5.75 Å². The van der Waals surface area contributed by atoms with Gasteiger partial charge in [0.2, 0.25) is 5.89 Å². The molecular weight excluding hydrogens is 278 g/mol. The Labute approximate surface area is 122 Å². The second-order valence-corrected chi connectivity index (χ2v) is 5.24. The van der Waals surface area contributed by atoms with E-state index in [4.69, 9.17) is 20.8 Å². The number of halogens is 1. The van der Waals surface area contributed by atoms with Crippen molar-refractivity contribution >= 4 is 11.6 Å². The molecule has 0 amide bonds. The van der Waals surface area contributed by atoms with Crippen LogP contribution in [0.4, 0.5) is 0 Å². The number of nitrogens with zero attached hydrogens (tertiary/aromatic N) is 2. The van der Waals surface area contributed by atoms with Crippen LogP contribution < -0.4 is 10.1 Å². The standard InChI is InChI=1S/C14H16ClN3O2/c15-11-1-3-12(4-2-11)19-9-13-17-18-14(20-13)10-5-7-16-8-6-10/h1-4,10,16H,5-9H2. The van der Waals surface area contributed by atoms with Gasteiger partial charge in [-0.25, -0.2) is 0 Å². The maximum Gasteiger partial charge on any atom is 0.253 e. The highest BCUT2D eigenvalue weighted by Crippen LogP contribution is 2.24. The van der Waals surface area contributed by atoms with Gasteiger partial charge in [0.25, 0.3) is 5.89 Å². The molecule has 0 radical (unpaired) electrons. The second kappa shape index (κ2) is 6.24. The van der Waals surface area contributed by atoms with E-state index in [0.29, 0.717) is 16.8 Å². The van der Waals surface area contributed by atoms with Crippen LogP contribution in [0.25, 0.3) is 0 Å². The van der Waals surface area contributed by atoms with Crippen molar-refractivity contribution in [1.29, 1.82) is 0 Å². The molecule has 0 unspecified atom stereocenters. The monoisotopic (exact) mass is 293 g/mol. The summed E-state index contributed by atoms with van der Waals surface area (Å²) >= 11 is 5.82. The predicted octanol–water partition coefficient (Wildman–Crippen LogP) is 2.77. The Morgan fingerprint density at radius 1 is 1.20 bits per heavy atom. The lowest BCUT2D eigenvalue weighted by molar-refractivity contribution is 0.253. The number of benzene rings is 1. The Kier molecular flexibility index (Phi) is 4.18. The third kappa shape index (κ3) is 3.29. The summed E-state index contributed by atoms with van der Waals surface area (Å²) in [6.07, 6.45) is 2.08. The zero-order valence-corrected chi connectivity index (χ0v) is 11.8. The van der Waals surface area contributed by atoms with Gasteiger partial charge in [0.05, 0.1) is 0 Å². The van der Waals surface area contributed by atoms with Gasteiger partial charge >= 0.3 is 0 Å². The first-order valence-corrected chi connectivity index (χ1v) is 7.10. The van der Waals surface area contributed by atoms with Gasteiger partial charge < -0.3 is 14.5 Å². The van der Waals surface area contributed by atoms with E-state index >= 15 is 0 Å². The molecule has 6 heteroatoms. The second-order valence-electron chi connectivity index (χ2n) is 4.80. The average Bonchev–Trinajstić information content (AvgIpc) is 2.97. The number of piperidine rings is 1. The van der Waals surface area contributed by atoms with Crippen LogP contribution in [0.3, 0.4) is 0 Å². The fourth-order valence-electron chi connectivity index (χ4n) is 2.23. The molecule has 1 aromatic carbocycles. The van der Waals surface area contributed by atoms with Gasteiger partial charge in [-0.05, 0) is 50.2 Å². The third-order valence-corrected chi connectivity index (χ3v) is 3.60. The molecule has 106 valence electrons. The van der Waals surface area contributed by atoms with Crippen molar-refractivity contribution in [3.05, 3.63) is 41.1 Å². The first-order valence-electron chi connectivity index (χ1n) is 6.72. The minimum absolute atomic E-state index is 0.277. The summed E-state index contributed by atoms with van der Waals surface area (Å²) < 4.78 is 11.2. The molecule has 1 saturated heterocycles. The largest absolute Gasteiger partial charge is 0.484 e. The van der Waals surface area contributed by atoms with Crippen LogP contribution in [0.15, 0.2) is 28.7 Å². The van der Waals surface area contributed by atoms with Crippen molar-refractivity contribution in [2.75, 3.05) is 13.1 Å². The Balaban J connectivity index is 1.58. The Bertz CT molecular complexity index is 550. The highest BCUT2D eigenvalue weighted by atomic mass is 35.5. The maximum atomic E-state index is 5.82. The summed E-state index contributed by atoms with van der Waals surface area (Å²) in [5.41, 5.74) is 0. The van der Waals surface area contributed by atoms with Crippen molar-refractivity contribution in [2.45, 2.75) is 25.4 Å². The van der Waals surface area contributed by atoms with Crippen LogP contribution in [0.2, 0.25) is 5.02 Å². The van der Waals surface area contributed by atoms with E-state index in [2.05, 4.69) is 15.5 Å². The van der Waals surface area contributed by atoms with Crippen molar-refractivity contribution in [3.8, 4) is 5.75 Å². The molecule has 0 atom stereocenters. The van der Waals surface area contributed by atoms with E-state index in [1.54, 1.807) is 12.1 Å². The molecule has 1 N–H and O–H groups in total. The summed E-state index contributed by atoms with van der Waals surface area (Å²) in [4.78, 5) is 0. The van der Waals surface area contributed by atoms with Crippen molar-refractivity contribution < 1.29 is 9.15 Å². The normalized spacial score (nSPS) is 16.2. The van der Waals surface area contributed by atoms with Gasteiger partial charge in [0, 0.05) is 10.9 Å². The first-order chi connectivity index (χ1) is 9.81. The molecule has 0 bridgehead atoms. The molecule has 0 aliphatic carbocycles. The van der Waals surface area contributed by atoms with Crippen LogP contribution in [0, 0.1) is 0 Å². The topological polar surface area (TPSA) is 60.2 Å². The summed E-state index contributed by atoms with van der Waals surface area (Å²) in [6, 6.07) is 7.19. The van der Waals surface area contributed by atoms with E-state index in [0.717, 1.165) is 37.6 Å². The van der Waals surface area contributed by atoms with Gasteiger partial charge in [-0.2, -0.15) is 0 Å². The Morgan fingerprint density at radius 3 is 2.70 bits per heavy atom. The van der Waals surface area contributed by atoms with E-state index in [1.165, 1.54) is 0 Å². The molecule has 2 aromatic rings. The van der Waals surface area contributed by atoms with Gasteiger partial charge in [0.15, 0.2) is 6.61 Å². The maximum absolute atomic E-state index is 5.82. The van der Waals surface area contributed by atoms with Crippen molar-refractivity contribution in [3.63, 3.8) is 0 Å². The lowest BCUT2D eigenvalue weighted by Crippen LogP contribution is -2.26. The van der Waals surface area contributed by atoms with Crippen LogP contribution >= 0.6 is 11.6 Å². The number of aromatic nitrogens is 2. The zero-order valence-electron chi connectivity index (χ0n) is 11.0. The molecule has 2 heterocycles. The molecule has 1 fully saturated rings. The quantitative estimate of drug-likeness (QED) is 0.939. The molecule has 1 aliphatic rings. The lowest BCUT2D eigenvalue weighted by atomic mass is 9.98. The summed E-state index contributed by atoms with van der Waals surface area (Å²) in [5, 5.41) is 12.2. The van der Waals surface area contributed by atoms with Crippen molar-refractivity contribution in [1.82, 2.24) is 15.5 Å². The van der Waals surface area contributed by atoms with Crippen molar-refractivity contribution in [2.24, 2.45) is 0 Å². The minimum atomic E-state index is 0.277. The smallest absolute Gasteiger partial charge is 0.253 e. The molecule has 5 nitrogen and oxygen atoms in total. The number of ether oxygens (including phenoxy) is 1. The number of hydrogen-bond acceptors (Lipinski definition) is 5. The zero-order chi connectivity index (χ0) is 13.8. The molecule has 0 spiro atoms. The van der Waals surface area contributed by atoms with Crippen LogP contribution in [0.1, 0.15) is 30.5 Å².